The van der Waals surface area contributed by atoms with E-state index in [4.69, 9.17) is 0 Å². The van der Waals surface area contributed by atoms with Crippen LogP contribution in [0.2, 0.25) is 0 Å². The molecule has 2 fully saturated rings. The Morgan fingerprint density at radius 1 is 1.10 bits per heavy atom. The van der Waals surface area contributed by atoms with Crippen LogP contribution >= 0.6 is 0 Å². The van der Waals surface area contributed by atoms with E-state index < -0.39 is 17.4 Å². The summed E-state index contributed by atoms with van der Waals surface area (Å²) in [5.74, 6) is -0.221. The second kappa shape index (κ2) is 7.05. The molecule has 4 rings (SSSR count). The van der Waals surface area contributed by atoms with Gasteiger partial charge in [0.05, 0.1) is 11.6 Å². The number of hydrogen-bond donors (Lipinski definition) is 1. The molecule has 0 aromatic rings. The first-order chi connectivity index (χ1) is 14.3. The largest absolute Gasteiger partial charge is 0.478 e. The van der Waals surface area contributed by atoms with E-state index in [0.29, 0.717) is 12.3 Å². The highest BCUT2D eigenvalue weighted by atomic mass is 16.4. The topological polar surface area (TPSA) is 74.7 Å². The van der Waals surface area contributed by atoms with Crippen LogP contribution < -0.4 is 0 Å². The van der Waals surface area contributed by atoms with E-state index in [1.807, 2.05) is 20.8 Å². The third kappa shape index (κ3) is 3.30. The van der Waals surface area contributed by atoms with Gasteiger partial charge < -0.3 is 10.0 Å². The highest BCUT2D eigenvalue weighted by Crippen LogP contribution is 2.64. The van der Waals surface area contributed by atoms with Crippen LogP contribution in [0.5, 0.6) is 0 Å². The van der Waals surface area contributed by atoms with Crippen molar-refractivity contribution in [3.63, 3.8) is 0 Å². The smallest absolute Gasteiger partial charge is 0.333 e. The Bertz CT molecular complexity index is 894. The number of nitrogens with zero attached hydrogens (tertiary/aromatic N) is 1. The zero-order chi connectivity index (χ0) is 22.9. The number of carboxylic acid groups (broad SMARTS) is 1. The van der Waals surface area contributed by atoms with E-state index in [1.54, 1.807) is 24.1 Å². The predicted octanol–water partition coefficient (Wildman–Crippen LogP) is 4.62. The Hall–Kier alpha value is -1.91. The quantitative estimate of drug-likeness (QED) is 0.698. The first-order valence-corrected chi connectivity index (χ1v) is 11.8. The van der Waals surface area contributed by atoms with Crippen molar-refractivity contribution in [1.29, 1.82) is 0 Å². The lowest BCUT2D eigenvalue weighted by atomic mass is 9.48. The van der Waals surface area contributed by atoms with E-state index in [-0.39, 0.29) is 39.9 Å². The van der Waals surface area contributed by atoms with Crippen LogP contribution in [0.25, 0.3) is 0 Å². The second-order valence-electron chi connectivity index (χ2n) is 12.0. The summed E-state index contributed by atoms with van der Waals surface area (Å²) in [6.45, 7) is 10.2. The molecule has 0 spiro atoms. The summed E-state index contributed by atoms with van der Waals surface area (Å²) in [4.78, 5) is 40.2. The average molecular weight is 428 g/mol. The lowest BCUT2D eigenvalue weighted by Gasteiger charge is -2.56. The first kappa shape index (κ1) is 22.3. The van der Waals surface area contributed by atoms with Gasteiger partial charge in [0.15, 0.2) is 5.78 Å². The van der Waals surface area contributed by atoms with Gasteiger partial charge in [0.1, 0.15) is 0 Å². The first-order valence-electron chi connectivity index (χ1n) is 11.8. The van der Waals surface area contributed by atoms with Gasteiger partial charge in [0.2, 0.25) is 5.91 Å². The van der Waals surface area contributed by atoms with Crippen molar-refractivity contribution in [3.8, 4) is 0 Å². The second-order valence-corrected chi connectivity index (χ2v) is 12.0. The summed E-state index contributed by atoms with van der Waals surface area (Å²) >= 11 is 0. The molecule has 0 aromatic heterocycles. The molecule has 5 heteroatoms. The molecule has 4 aliphatic rings. The summed E-state index contributed by atoms with van der Waals surface area (Å²) in [7, 11) is 1.73. The van der Waals surface area contributed by atoms with Crippen LogP contribution in [0.15, 0.2) is 23.3 Å². The van der Waals surface area contributed by atoms with Gasteiger partial charge in [-0.2, -0.15) is 0 Å². The Balaban J connectivity index is 1.78. The van der Waals surface area contributed by atoms with Crippen LogP contribution in [0, 0.1) is 34.0 Å². The van der Waals surface area contributed by atoms with Gasteiger partial charge in [-0.3, -0.25) is 9.59 Å². The molecule has 0 aliphatic heterocycles. The van der Waals surface area contributed by atoms with E-state index in [9.17, 15) is 19.5 Å². The van der Waals surface area contributed by atoms with Gasteiger partial charge in [-0.05, 0) is 72.5 Å². The van der Waals surface area contributed by atoms with Crippen LogP contribution in [-0.2, 0) is 14.4 Å². The Morgan fingerprint density at radius 2 is 1.77 bits per heavy atom. The number of fused-ring (bicyclic) bond motifs is 5. The molecule has 31 heavy (non-hydrogen) atoms. The molecular weight excluding hydrogens is 390 g/mol. The maximum atomic E-state index is 13.3. The monoisotopic (exact) mass is 427 g/mol. The number of ketones is 1. The fourth-order valence-corrected chi connectivity index (χ4v) is 7.34. The number of carbonyl (C=O) groups is 3. The number of allylic oxidation sites excluding steroid dienone is 3. The number of carbonyl (C=O) groups excluding carboxylic acids is 2. The highest BCUT2D eigenvalue weighted by molar-refractivity contribution is 5.97. The SMILES string of the molecule is CN(C(=O)C(C)(C)C)C1C[C@@]2(C)C(=CC(=O)C3C4CCC[C@@]4(C)CCC32)C=C1C(=O)O. The third-order valence-corrected chi connectivity index (χ3v) is 9.12. The minimum atomic E-state index is -1.01. The van der Waals surface area contributed by atoms with Crippen molar-refractivity contribution in [1.82, 2.24) is 4.90 Å². The van der Waals surface area contributed by atoms with Crippen molar-refractivity contribution in [2.45, 2.75) is 79.2 Å². The molecule has 4 unspecified atom stereocenters. The minimum Gasteiger partial charge on any atom is -0.478 e. The summed E-state index contributed by atoms with van der Waals surface area (Å²) in [6, 6.07) is -0.489. The molecule has 5 nitrogen and oxygen atoms in total. The maximum absolute atomic E-state index is 13.3. The van der Waals surface area contributed by atoms with Gasteiger partial charge in [0.25, 0.3) is 0 Å². The maximum Gasteiger partial charge on any atom is 0.333 e. The summed E-state index contributed by atoms with van der Waals surface area (Å²) in [6.07, 6.45) is 9.66. The number of amides is 1. The lowest BCUT2D eigenvalue weighted by Crippen LogP contribution is -2.55. The molecular formula is C26H37NO4. The van der Waals surface area contributed by atoms with Gasteiger partial charge in [-0.1, -0.05) is 41.0 Å². The Kier molecular flexibility index (Phi) is 5.07. The van der Waals surface area contributed by atoms with E-state index in [2.05, 4.69) is 13.8 Å². The van der Waals surface area contributed by atoms with Crippen LogP contribution in [0.3, 0.4) is 0 Å². The molecule has 0 saturated heterocycles. The third-order valence-electron chi connectivity index (χ3n) is 9.12. The minimum absolute atomic E-state index is 0.0269. The molecule has 6 atom stereocenters. The van der Waals surface area contributed by atoms with E-state index >= 15 is 0 Å². The van der Waals surface area contributed by atoms with Gasteiger partial charge in [-0.15, -0.1) is 0 Å². The molecule has 0 bridgehead atoms. The van der Waals surface area contributed by atoms with Crippen molar-refractivity contribution >= 4 is 17.7 Å². The molecule has 4 aliphatic carbocycles. The summed E-state index contributed by atoms with van der Waals surface area (Å²) in [5.41, 5.74) is 0.450. The fourth-order valence-electron chi connectivity index (χ4n) is 7.34. The summed E-state index contributed by atoms with van der Waals surface area (Å²) in [5, 5.41) is 9.95. The standard InChI is InChI=1S/C26H37NO4/c1-24(2,3)23(31)27(6)19-14-26(5)15(12-16(19)22(29)30)13-20(28)21-17-8-7-10-25(17,4)11-9-18(21)26/h12-13,17-19,21H,7-11,14H2,1-6H3,(H,29,30)/t17?,18?,19?,21?,25-,26-/m0/s1. The zero-order valence-corrected chi connectivity index (χ0v) is 19.8. The van der Waals surface area contributed by atoms with Gasteiger partial charge >= 0.3 is 5.97 Å². The normalized spacial score (nSPS) is 39.6. The van der Waals surface area contributed by atoms with E-state index in [0.717, 1.165) is 24.8 Å². The molecule has 0 heterocycles. The Morgan fingerprint density at radius 3 is 2.39 bits per heavy atom. The highest BCUT2D eigenvalue weighted by Gasteiger charge is 2.59. The number of aliphatic carboxylic acids is 1. The lowest BCUT2D eigenvalue weighted by molar-refractivity contribution is -0.143. The predicted molar refractivity (Wildman–Crippen MR) is 119 cm³/mol. The Labute approximate surface area is 185 Å². The molecule has 1 N–H and O–H groups in total. The molecule has 2 saturated carbocycles. The number of rotatable bonds is 2. The van der Waals surface area contributed by atoms with Crippen LogP contribution in [0.1, 0.15) is 73.1 Å². The van der Waals surface area contributed by atoms with Crippen LogP contribution in [-0.4, -0.2) is 40.8 Å². The van der Waals surface area contributed by atoms with Gasteiger partial charge in [-0.25, -0.2) is 4.79 Å². The summed E-state index contributed by atoms with van der Waals surface area (Å²) < 4.78 is 0. The van der Waals surface area contributed by atoms with Crippen molar-refractivity contribution < 1.29 is 19.5 Å². The van der Waals surface area contributed by atoms with Crippen LogP contribution in [0.4, 0.5) is 0 Å². The zero-order valence-electron chi connectivity index (χ0n) is 19.8. The molecule has 0 aromatic carbocycles. The number of likely N-dealkylation sites (N-methyl/N-ethyl adjacent to an activating group) is 1. The van der Waals surface area contributed by atoms with E-state index in [1.165, 1.54) is 12.8 Å². The molecule has 170 valence electrons. The average Bonchev–Trinajstić information content (AvgIpc) is 3.07. The molecule has 0 radical (unpaired) electrons. The van der Waals surface area contributed by atoms with Crippen molar-refractivity contribution in [2.75, 3.05) is 7.05 Å². The van der Waals surface area contributed by atoms with Crippen molar-refractivity contribution in [3.05, 3.63) is 23.3 Å². The molecule has 1 amide bonds. The fraction of sp³-hybridized carbons (Fsp3) is 0.731. The number of hydrogen-bond acceptors (Lipinski definition) is 3. The number of carboxylic acids is 1. The van der Waals surface area contributed by atoms with Crippen molar-refractivity contribution in [2.24, 2.45) is 34.0 Å². The van der Waals surface area contributed by atoms with Gasteiger partial charge in [0, 0.05) is 18.4 Å².